The van der Waals surface area contributed by atoms with Crippen molar-refractivity contribution in [3.8, 4) is 0 Å². The number of nitrogens with two attached hydrogens (primary N) is 1. The second kappa shape index (κ2) is 2.61. The predicted octanol–water partition coefficient (Wildman–Crippen LogP) is 1.03. The van der Waals surface area contributed by atoms with Crippen LogP contribution in [-0.4, -0.2) is 33.1 Å². The van der Waals surface area contributed by atoms with Crippen molar-refractivity contribution in [1.29, 1.82) is 0 Å². The lowest BCUT2D eigenvalue weighted by atomic mass is 9.44. The first-order valence-electron chi connectivity index (χ1n) is 5.93. The van der Waals surface area contributed by atoms with Gasteiger partial charge in [0.15, 0.2) is 0 Å². The van der Waals surface area contributed by atoms with E-state index >= 15 is 0 Å². The zero-order chi connectivity index (χ0) is 11.7. The molecule has 0 aromatic carbocycles. The first kappa shape index (κ1) is 9.41. The van der Waals surface area contributed by atoms with Gasteiger partial charge in [0.2, 0.25) is 0 Å². The summed E-state index contributed by atoms with van der Waals surface area (Å²) >= 11 is 0. The van der Waals surface area contributed by atoms with Crippen LogP contribution in [0.4, 0.5) is 5.82 Å². The van der Waals surface area contributed by atoms with Gasteiger partial charge in [-0.3, -0.25) is 0 Å². The second-order valence-corrected chi connectivity index (χ2v) is 5.61. The van der Waals surface area contributed by atoms with E-state index in [1.165, 1.54) is 0 Å². The molecule has 5 rings (SSSR count). The van der Waals surface area contributed by atoms with Crippen LogP contribution in [0.3, 0.4) is 0 Å². The summed E-state index contributed by atoms with van der Waals surface area (Å²) in [5, 5.41) is 1.09. The fourth-order valence-electron chi connectivity index (χ4n) is 3.52. The predicted molar refractivity (Wildman–Crippen MR) is 65.8 cm³/mol. The van der Waals surface area contributed by atoms with E-state index in [1.807, 2.05) is 12.3 Å². The summed E-state index contributed by atoms with van der Waals surface area (Å²) in [6, 6.07) is 2.03. The summed E-state index contributed by atoms with van der Waals surface area (Å²) in [5.74, 6) is 1.01. The van der Waals surface area contributed by atoms with Crippen molar-refractivity contribution >= 4 is 16.9 Å². The Morgan fingerprint density at radius 3 is 2.82 bits per heavy atom. The maximum absolute atomic E-state index is 6.12. The molecule has 0 aliphatic heterocycles. The molecule has 2 aromatic heterocycles. The maximum Gasteiger partial charge on any atom is 0.142 e. The molecule has 0 radical (unpaired) electrons. The number of nitrogens with one attached hydrogen (secondary N) is 1. The maximum atomic E-state index is 6.12. The van der Waals surface area contributed by atoms with Crippen LogP contribution in [0.5, 0.6) is 0 Å². The third kappa shape index (κ3) is 1.02. The minimum atomic E-state index is 0.124. The average molecular weight is 229 g/mol. The standard InChI is InChI=1S/C12H15N5/c1-17(12-4-11(13,5-12)6-12)10-8-2-3-14-9(8)15-7-16-10/h2-3,7H,4-6,13H2,1H3,(H,14,15,16). The molecule has 0 spiro atoms. The lowest BCUT2D eigenvalue weighted by Gasteiger charge is -2.72. The molecule has 3 aliphatic carbocycles. The van der Waals surface area contributed by atoms with Crippen molar-refractivity contribution in [2.45, 2.75) is 30.3 Å². The van der Waals surface area contributed by atoms with E-state index in [9.17, 15) is 0 Å². The molecule has 3 saturated carbocycles. The van der Waals surface area contributed by atoms with E-state index in [1.54, 1.807) is 6.33 Å². The number of aromatic nitrogens is 3. The molecular formula is C12H15N5. The quantitative estimate of drug-likeness (QED) is 0.806. The molecule has 17 heavy (non-hydrogen) atoms. The molecule has 2 bridgehead atoms. The largest absolute Gasteiger partial charge is 0.353 e. The lowest BCUT2D eigenvalue weighted by Crippen LogP contribution is -2.82. The van der Waals surface area contributed by atoms with Gasteiger partial charge in [-0.1, -0.05) is 0 Å². The van der Waals surface area contributed by atoms with E-state index < -0.39 is 0 Å². The minimum absolute atomic E-state index is 0.124. The summed E-state index contributed by atoms with van der Waals surface area (Å²) in [5.41, 5.74) is 7.40. The molecular weight excluding hydrogens is 214 g/mol. The molecule has 0 saturated heterocycles. The van der Waals surface area contributed by atoms with Gasteiger partial charge in [0, 0.05) is 24.3 Å². The van der Waals surface area contributed by atoms with Crippen LogP contribution in [-0.2, 0) is 0 Å². The minimum Gasteiger partial charge on any atom is -0.353 e. The highest BCUT2D eigenvalue weighted by molar-refractivity contribution is 5.87. The van der Waals surface area contributed by atoms with Crippen molar-refractivity contribution in [2.24, 2.45) is 5.73 Å². The lowest BCUT2D eigenvalue weighted by molar-refractivity contribution is -0.0523. The van der Waals surface area contributed by atoms with Gasteiger partial charge < -0.3 is 15.6 Å². The highest BCUT2D eigenvalue weighted by atomic mass is 15.3. The highest BCUT2D eigenvalue weighted by Crippen LogP contribution is 2.62. The highest BCUT2D eigenvalue weighted by Gasteiger charge is 2.68. The number of rotatable bonds is 2. The summed E-state index contributed by atoms with van der Waals surface area (Å²) in [6.07, 6.45) is 6.79. The van der Waals surface area contributed by atoms with Gasteiger partial charge in [0.25, 0.3) is 0 Å². The van der Waals surface area contributed by atoms with Crippen LogP contribution in [0.1, 0.15) is 19.3 Å². The normalized spacial score (nSPS) is 34.2. The van der Waals surface area contributed by atoms with Gasteiger partial charge in [-0.2, -0.15) is 0 Å². The van der Waals surface area contributed by atoms with Crippen LogP contribution in [0.25, 0.3) is 11.0 Å². The monoisotopic (exact) mass is 229 g/mol. The van der Waals surface area contributed by atoms with Crippen molar-refractivity contribution in [3.05, 3.63) is 18.6 Å². The van der Waals surface area contributed by atoms with Gasteiger partial charge in [0.05, 0.1) is 5.39 Å². The van der Waals surface area contributed by atoms with Crippen LogP contribution in [0.15, 0.2) is 18.6 Å². The Morgan fingerprint density at radius 1 is 1.35 bits per heavy atom. The number of fused-ring (bicyclic) bond motifs is 1. The first-order valence-corrected chi connectivity index (χ1v) is 5.93. The summed E-state index contributed by atoms with van der Waals surface area (Å²) in [6.45, 7) is 0. The number of hydrogen-bond acceptors (Lipinski definition) is 4. The van der Waals surface area contributed by atoms with Crippen LogP contribution in [0, 0.1) is 0 Å². The molecule has 0 amide bonds. The Bertz CT molecular complexity index is 582. The Kier molecular flexibility index (Phi) is 1.45. The molecule has 88 valence electrons. The fourth-order valence-corrected chi connectivity index (χ4v) is 3.52. The van der Waals surface area contributed by atoms with Crippen LogP contribution >= 0.6 is 0 Å². The Labute approximate surface area is 99.0 Å². The third-order valence-corrected chi connectivity index (χ3v) is 4.41. The number of aromatic amines is 1. The molecule has 3 fully saturated rings. The van der Waals surface area contributed by atoms with E-state index in [0.29, 0.717) is 0 Å². The second-order valence-electron chi connectivity index (χ2n) is 5.61. The van der Waals surface area contributed by atoms with Gasteiger partial charge >= 0.3 is 0 Å². The van der Waals surface area contributed by atoms with Gasteiger partial charge in [-0.05, 0) is 25.3 Å². The van der Waals surface area contributed by atoms with Crippen molar-refractivity contribution in [3.63, 3.8) is 0 Å². The van der Waals surface area contributed by atoms with Gasteiger partial charge in [0.1, 0.15) is 17.8 Å². The zero-order valence-corrected chi connectivity index (χ0v) is 9.77. The summed E-state index contributed by atoms with van der Waals surface area (Å²) < 4.78 is 0. The number of H-pyrrole nitrogens is 1. The Hall–Kier alpha value is -1.62. The van der Waals surface area contributed by atoms with Crippen molar-refractivity contribution in [2.75, 3.05) is 11.9 Å². The van der Waals surface area contributed by atoms with E-state index in [2.05, 4.69) is 26.9 Å². The first-order chi connectivity index (χ1) is 8.12. The molecule has 5 nitrogen and oxygen atoms in total. The molecule has 2 aromatic rings. The van der Waals surface area contributed by atoms with Crippen LogP contribution < -0.4 is 10.6 Å². The smallest absolute Gasteiger partial charge is 0.142 e. The van der Waals surface area contributed by atoms with E-state index in [-0.39, 0.29) is 11.1 Å². The van der Waals surface area contributed by atoms with Crippen LogP contribution in [0.2, 0.25) is 0 Å². The number of anilines is 1. The van der Waals surface area contributed by atoms with Gasteiger partial charge in [-0.15, -0.1) is 0 Å². The fraction of sp³-hybridized carbons (Fsp3) is 0.500. The molecule has 2 heterocycles. The Balaban J connectivity index is 1.77. The SMILES string of the molecule is CN(c1ncnc2[nH]ccc12)C12CC(N)(C1)C2. The van der Waals surface area contributed by atoms with Crippen molar-refractivity contribution in [1.82, 2.24) is 15.0 Å². The summed E-state index contributed by atoms with van der Waals surface area (Å²) in [4.78, 5) is 14.1. The zero-order valence-electron chi connectivity index (χ0n) is 9.77. The topological polar surface area (TPSA) is 70.8 Å². The molecule has 3 aliphatic rings. The number of nitrogens with zero attached hydrogens (tertiary/aromatic N) is 3. The van der Waals surface area contributed by atoms with Crippen molar-refractivity contribution < 1.29 is 0 Å². The Morgan fingerprint density at radius 2 is 2.12 bits per heavy atom. The molecule has 3 N–H and O–H groups in total. The van der Waals surface area contributed by atoms with E-state index in [4.69, 9.17) is 5.73 Å². The van der Waals surface area contributed by atoms with Gasteiger partial charge in [-0.25, -0.2) is 9.97 Å². The average Bonchev–Trinajstić information content (AvgIpc) is 2.70. The number of hydrogen-bond donors (Lipinski definition) is 2. The molecule has 0 unspecified atom stereocenters. The molecule has 0 atom stereocenters. The summed E-state index contributed by atoms with van der Waals surface area (Å²) in [7, 11) is 2.12. The van der Waals surface area contributed by atoms with E-state index in [0.717, 1.165) is 36.1 Å². The molecule has 5 heteroatoms. The third-order valence-electron chi connectivity index (χ3n) is 4.41.